The molecule has 1 fully saturated rings. The van der Waals surface area contributed by atoms with Crippen molar-refractivity contribution in [2.24, 2.45) is 11.7 Å². The van der Waals surface area contributed by atoms with Gasteiger partial charge in [0.2, 0.25) is 0 Å². The minimum absolute atomic E-state index is 0.159. The largest absolute Gasteiger partial charge is 0.316 e. The highest BCUT2D eigenvalue weighted by molar-refractivity contribution is 5.10. The van der Waals surface area contributed by atoms with Crippen molar-refractivity contribution in [3.05, 3.63) is 17.7 Å². The van der Waals surface area contributed by atoms with Crippen LogP contribution in [0.2, 0.25) is 0 Å². The molecule has 2 aliphatic heterocycles. The second-order valence-electron chi connectivity index (χ2n) is 6.10. The molecule has 0 saturated carbocycles. The monoisotopic (exact) mass is 262 g/mol. The Labute approximate surface area is 116 Å². The summed E-state index contributed by atoms with van der Waals surface area (Å²) in [5.41, 5.74) is 7.61. The lowest BCUT2D eigenvalue weighted by Gasteiger charge is -2.32. The van der Waals surface area contributed by atoms with Crippen LogP contribution in [0.1, 0.15) is 50.3 Å². The average molecular weight is 262 g/mol. The van der Waals surface area contributed by atoms with Crippen LogP contribution in [0.15, 0.2) is 6.20 Å². The number of piperidine rings is 1. The molecule has 0 spiro atoms. The minimum atomic E-state index is 0.159. The first-order valence-corrected chi connectivity index (χ1v) is 7.81. The van der Waals surface area contributed by atoms with E-state index in [0.29, 0.717) is 0 Å². The van der Waals surface area contributed by atoms with Gasteiger partial charge in [-0.1, -0.05) is 6.92 Å². The van der Waals surface area contributed by atoms with Crippen molar-refractivity contribution in [3.63, 3.8) is 0 Å². The number of fused-ring (bicyclic) bond motifs is 1. The van der Waals surface area contributed by atoms with Crippen molar-refractivity contribution < 1.29 is 0 Å². The van der Waals surface area contributed by atoms with E-state index in [1.807, 2.05) is 0 Å². The van der Waals surface area contributed by atoms with E-state index in [9.17, 15) is 0 Å². The van der Waals surface area contributed by atoms with E-state index in [0.717, 1.165) is 25.2 Å². The summed E-state index contributed by atoms with van der Waals surface area (Å²) in [4.78, 5) is 7.22. The van der Waals surface area contributed by atoms with Gasteiger partial charge in [-0.25, -0.2) is 4.98 Å². The summed E-state index contributed by atoms with van der Waals surface area (Å²) in [6.45, 7) is 5.94. The normalized spacial score (nSPS) is 28.3. The molecule has 3 heterocycles. The lowest BCUT2D eigenvalue weighted by molar-refractivity contribution is 0.179. The summed E-state index contributed by atoms with van der Waals surface area (Å²) < 4.78 is 2.31. The molecule has 2 unspecified atom stereocenters. The van der Waals surface area contributed by atoms with Crippen LogP contribution in [0.5, 0.6) is 0 Å². The van der Waals surface area contributed by atoms with Gasteiger partial charge in [-0.05, 0) is 51.1 Å². The highest BCUT2D eigenvalue weighted by Gasteiger charge is 2.24. The predicted octanol–water partition coefficient (Wildman–Crippen LogP) is 1.95. The van der Waals surface area contributed by atoms with Gasteiger partial charge in [-0.15, -0.1) is 0 Å². The Kier molecular flexibility index (Phi) is 3.89. The molecule has 0 aromatic carbocycles. The molecule has 4 nitrogen and oxygen atoms in total. The van der Waals surface area contributed by atoms with Crippen LogP contribution in [0.3, 0.4) is 0 Å². The number of aryl methyl sites for hydroxylation is 1. The maximum absolute atomic E-state index is 6.26. The van der Waals surface area contributed by atoms with Crippen LogP contribution < -0.4 is 5.73 Å². The van der Waals surface area contributed by atoms with E-state index < -0.39 is 0 Å². The molecule has 0 aliphatic carbocycles. The molecule has 4 heteroatoms. The molecule has 2 aliphatic rings. The Morgan fingerprint density at radius 1 is 1.37 bits per heavy atom. The summed E-state index contributed by atoms with van der Waals surface area (Å²) in [5.74, 6) is 1.99. The van der Waals surface area contributed by atoms with Gasteiger partial charge in [-0.2, -0.15) is 0 Å². The molecule has 0 radical (unpaired) electrons. The average Bonchev–Trinajstić information content (AvgIpc) is 2.84. The van der Waals surface area contributed by atoms with Crippen molar-refractivity contribution >= 4 is 0 Å². The van der Waals surface area contributed by atoms with Crippen molar-refractivity contribution in [1.82, 2.24) is 14.5 Å². The van der Waals surface area contributed by atoms with E-state index in [2.05, 4.69) is 27.6 Å². The zero-order valence-electron chi connectivity index (χ0n) is 12.0. The molecule has 3 rings (SSSR count). The number of rotatable bonds is 3. The van der Waals surface area contributed by atoms with E-state index in [1.54, 1.807) is 0 Å². The third-order valence-corrected chi connectivity index (χ3v) is 4.74. The molecular formula is C15H26N4. The fourth-order valence-corrected chi connectivity index (χ4v) is 3.66. The first-order chi connectivity index (χ1) is 9.28. The Hall–Kier alpha value is -0.870. The van der Waals surface area contributed by atoms with Crippen molar-refractivity contribution in [3.8, 4) is 0 Å². The van der Waals surface area contributed by atoms with Crippen LogP contribution in [0, 0.1) is 5.92 Å². The van der Waals surface area contributed by atoms with Gasteiger partial charge in [0, 0.05) is 24.9 Å². The zero-order valence-corrected chi connectivity index (χ0v) is 12.0. The molecule has 106 valence electrons. The van der Waals surface area contributed by atoms with Gasteiger partial charge in [-0.3, -0.25) is 0 Å². The van der Waals surface area contributed by atoms with Gasteiger partial charge in [0.15, 0.2) is 0 Å². The van der Waals surface area contributed by atoms with E-state index in [-0.39, 0.29) is 6.17 Å². The number of hydrogen-bond donors (Lipinski definition) is 1. The predicted molar refractivity (Wildman–Crippen MR) is 76.9 cm³/mol. The molecule has 0 bridgehead atoms. The maximum atomic E-state index is 6.26. The molecule has 2 atom stereocenters. The highest BCUT2D eigenvalue weighted by atomic mass is 15.2. The Balaban J connectivity index is 1.71. The van der Waals surface area contributed by atoms with Crippen LogP contribution in [-0.4, -0.2) is 34.1 Å². The molecule has 0 amide bonds. The Morgan fingerprint density at radius 3 is 3.11 bits per heavy atom. The fourth-order valence-electron chi connectivity index (χ4n) is 3.66. The number of hydrogen-bond acceptors (Lipinski definition) is 3. The van der Waals surface area contributed by atoms with Crippen molar-refractivity contribution in [1.29, 1.82) is 0 Å². The molecule has 2 N–H and O–H groups in total. The fraction of sp³-hybridized carbons (Fsp3) is 0.800. The number of nitrogens with zero attached hydrogens (tertiary/aromatic N) is 3. The van der Waals surface area contributed by atoms with Gasteiger partial charge in [0.25, 0.3) is 0 Å². The van der Waals surface area contributed by atoms with E-state index >= 15 is 0 Å². The third-order valence-electron chi connectivity index (χ3n) is 4.74. The minimum Gasteiger partial charge on any atom is -0.316 e. The lowest BCUT2D eigenvalue weighted by atomic mass is 9.94. The van der Waals surface area contributed by atoms with Crippen molar-refractivity contribution in [2.75, 3.05) is 19.6 Å². The number of aromatic nitrogens is 2. The second-order valence-corrected chi connectivity index (χ2v) is 6.10. The van der Waals surface area contributed by atoms with Gasteiger partial charge in [0.1, 0.15) is 5.82 Å². The van der Waals surface area contributed by atoms with Crippen LogP contribution >= 0.6 is 0 Å². The number of nitrogens with two attached hydrogens (primary N) is 1. The molecule has 1 aromatic rings. The summed E-state index contributed by atoms with van der Waals surface area (Å²) in [6.07, 6.45) is 9.44. The topological polar surface area (TPSA) is 47.1 Å². The van der Waals surface area contributed by atoms with Crippen LogP contribution in [-0.2, 0) is 12.8 Å². The molecule has 1 aromatic heterocycles. The molecular weight excluding hydrogens is 236 g/mol. The first kappa shape index (κ1) is 13.1. The molecule has 1 saturated heterocycles. The zero-order chi connectivity index (χ0) is 13.2. The summed E-state index contributed by atoms with van der Waals surface area (Å²) >= 11 is 0. The lowest BCUT2D eigenvalue weighted by Crippen LogP contribution is -2.36. The third kappa shape index (κ3) is 2.70. The van der Waals surface area contributed by atoms with Crippen LogP contribution in [0.25, 0.3) is 0 Å². The van der Waals surface area contributed by atoms with Gasteiger partial charge >= 0.3 is 0 Å². The van der Waals surface area contributed by atoms with E-state index in [4.69, 9.17) is 5.73 Å². The highest BCUT2D eigenvalue weighted by Crippen LogP contribution is 2.26. The van der Waals surface area contributed by atoms with Crippen molar-refractivity contribution in [2.45, 2.75) is 51.6 Å². The standard InChI is InChI=1S/C15H26N4/c1-2-18-8-4-5-12(11-18)9-15-17-10-13-6-3-7-14(16)19(13)15/h10,12,14H,2-9,11,16H2,1H3. The van der Waals surface area contributed by atoms with Gasteiger partial charge < -0.3 is 15.2 Å². The summed E-state index contributed by atoms with van der Waals surface area (Å²) in [6, 6.07) is 0. The van der Waals surface area contributed by atoms with Gasteiger partial charge in [0.05, 0.1) is 6.17 Å². The smallest absolute Gasteiger partial charge is 0.110 e. The summed E-state index contributed by atoms with van der Waals surface area (Å²) in [5, 5.41) is 0. The Morgan fingerprint density at radius 2 is 2.26 bits per heavy atom. The quantitative estimate of drug-likeness (QED) is 0.905. The van der Waals surface area contributed by atoms with Crippen LogP contribution in [0.4, 0.5) is 0 Å². The maximum Gasteiger partial charge on any atom is 0.110 e. The van der Waals surface area contributed by atoms with E-state index in [1.165, 1.54) is 50.4 Å². The molecule has 19 heavy (non-hydrogen) atoms. The first-order valence-electron chi connectivity index (χ1n) is 7.81. The number of imidazole rings is 1. The SMILES string of the molecule is CCN1CCCC(Cc2ncc3n2C(N)CCC3)C1. The Bertz CT molecular complexity index is 426. The summed E-state index contributed by atoms with van der Waals surface area (Å²) in [7, 11) is 0. The number of likely N-dealkylation sites (tertiary alicyclic amines) is 1. The second kappa shape index (κ2) is 5.63.